The molecule has 0 aliphatic carbocycles. The summed E-state index contributed by atoms with van der Waals surface area (Å²) in [7, 11) is 0. The van der Waals surface area contributed by atoms with Gasteiger partial charge in [0.1, 0.15) is 0 Å². The van der Waals surface area contributed by atoms with Gasteiger partial charge in [0.15, 0.2) is 0 Å². The van der Waals surface area contributed by atoms with Gasteiger partial charge in [0, 0.05) is 6.54 Å². The van der Waals surface area contributed by atoms with Gasteiger partial charge in [-0.2, -0.15) is 0 Å². The lowest BCUT2D eigenvalue weighted by atomic mass is 9.98. The van der Waals surface area contributed by atoms with Crippen molar-refractivity contribution in [2.45, 2.75) is 6.04 Å². The van der Waals surface area contributed by atoms with E-state index in [1.807, 2.05) is 42.5 Å². The van der Waals surface area contributed by atoms with Crippen LogP contribution < -0.4 is 10.6 Å². The number of rotatable bonds is 1. The van der Waals surface area contributed by atoms with E-state index in [1.54, 1.807) is 0 Å². The highest BCUT2D eigenvalue weighted by molar-refractivity contribution is 6.35. The van der Waals surface area contributed by atoms with Crippen molar-refractivity contribution in [3.05, 3.63) is 48.0 Å². The maximum atomic E-state index is 11.4. The summed E-state index contributed by atoms with van der Waals surface area (Å²) in [5.74, 6) is -1.13. The third kappa shape index (κ3) is 1.72. The van der Waals surface area contributed by atoms with Crippen LogP contribution in [0.2, 0.25) is 0 Å². The minimum absolute atomic E-state index is 0.165. The summed E-state index contributed by atoms with van der Waals surface area (Å²) >= 11 is 0. The Kier molecular flexibility index (Phi) is 2.48. The van der Waals surface area contributed by atoms with Crippen LogP contribution in [-0.2, 0) is 9.59 Å². The molecule has 0 radical (unpaired) electrons. The predicted octanol–water partition coefficient (Wildman–Crippen LogP) is 1.13. The molecule has 1 saturated heterocycles. The molecular weight excluding hydrogens is 228 g/mol. The minimum Gasteiger partial charge on any atom is -0.345 e. The Labute approximate surface area is 104 Å². The molecule has 0 bridgehead atoms. The molecule has 0 spiro atoms. The van der Waals surface area contributed by atoms with E-state index < -0.39 is 11.8 Å². The molecule has 1 unspecified atom stereocenters. The predicted molar refractivity (Wildman–Crippen MR) is 67.8 cm³/mol. The molecule has 0 saturated carbocycles. The summed E-state index contributed by atoms with van der Waals surface area (Å²) in [6.45, 7) is 0.429. The Balaban J connectivity index is 2.04. The SMILES string of the molecule is O=C1NCC(c2cccc3ccccc23)NC1=O. The van der Waals surface area contributed by atoms with Crippen molar-refractivity contribution in [1.29, 1.82) is 0 Å². The molecule has 3 rings (SSSR count). The highest BCUT2D eigenvalue weighted by Crippen LogP contribution is 2.24. The lowest BCUT2D eigenvalue weighted by Crippen LogP contribution is -2.51. The zero-order valence-electron chi connectivity index (χ0n) is 9.64. The van der Waals surface area contributed by atoms with Gasteiger partial charge in [-0.3, -0.25) is 9.59 Å². The van der Waals surface area contributed by atoms with Gasteiger partial charge in [-0.25, -0.2) is 0 Å². The molecule has 2 aromatic rings. The fourth-order valence-electron chi connectivity index (χ4n) is 2.29. The van der Waals surface area contributed by atoms with Crippen LogP contribution in [0.1, 0.15) is 11.6 Å². The first-order valence-electron chi connectivity index (χ1n) is 5.82. The first-order chi connectivity index (χ1) is 8.75. The topological polar surface area (TPSA) is 58.2 Å². The fraction of sp³-hybridized carbons (Fsp3) is 0.143. The summed E-state index contributed by atoms with van der Waals surface area (Å²) in [5, 5.41) is 7.54. The van der Waals surface area contributed by atoms with E-state index >= 15 is 0 Å². The lowest BCUT2D eigenvalue weighted by molar-refractivity contribution is -0.141. The molecule has 1 atom stereocenters. The number of carbonyl (C=O) groups excluding carboxylic acids is 2. The minimum atomic E-state index is -0.570. The van der Waals surface area contributed by atoms with Crippen molar-refractivity contribution < 1.29 is 9.59 Å². The summed E-state index contributed by atoms with van der Waals surface area (Å²) in [4.78, 5) is 22.5. The Morgan fingerprint density at radius 3 is 2.56 bits per heavy atom. The number of piperazine rings is 1. The fourth-order valence-corrected chi connectivity index (χ4v) is 2.29. The van der Waals surface area contributed by atoms with Crippen LogP contribution in [0.25, 0.3) is 10.8 Å². The van der Waals surface area contributed by atoms with Crippen molar-refractivity contribution in [3.63, 3.8) is 0 Å². The molecule has 2 N–H and O–H groups in total. The maximum absolute atomic E-state index is 11.4. The first kappa shape index (κ1) is 10.8. The van der Waals surface area contributed by atoms with Crippen LogP contribution in [0.15, 0.2) is 42.5 Å². The average molecular weight is 240 g/mol. The standard InChI is InChI=1S/C14H12N2O2/c17-13-14(18)16-12(8-15-13)11-7-3-5-9-4-1-2-6-10(9)11/h1-7,12H,8H2,(H,15,17)(H,16,18). The van der Waals surface area contributed by atoms with E-state index in [9.17, 15) is 9.59 Å². The molecule has 2 aromatic carbocycles. The number of hydrogen-bond donors (Lipinski definition) is 2. The highest BCUT2D eigenvalue weighted by atomic mass is 16.2. The summed E-state index contributed by atoms with van der Waals surface area (Å²) in [5.41, 5.74) is 1.03. The van der Waals surface area contributed by atoms with Crippen molar-refractivity contribution in [3.8, 4) is 0 Å². The number of benzene rings is 2. The van der Waals surface area contributed by atoms with Crippen molar-refractivity contribution in [2.24, 2.45) is 0 Å². The molecule has 4 heteroatoms. The van der Waals surface area contributed by atoms with Crippen LogP contribution in [0.3, 0.4) is 0 Å². The van der Waals surface area contributed by atoms with Gasteiger partial charge < -0.3 is 10.6 Å². The largest absolute Gasteiger partial charge is 0.345 e. The molecule has 1 aliphatic rings. The van der Waals surface area contributed by atoms with Gasteiger partial charge in [-0.1, -0.05) is 42.5 Å². The molecule has 18 heavy (non-hydrogen) atoms. The molecule has 0 aromatic heterocycles. The summed E-state index contributed by atoms with van der Waals surface area (Å²) in [6, 6.07) is 13.8. The van der Waals surface area contributed by atoms with E-state index in [1.165, 1.54) is 0 Å². The molecule has 2 amide bonds. The monoisotopic (exact) mass is 240 g/mol. The highest BCUT2D eigenvalue weighted by Gasteiger charge is 2.26. The normalized spacial score (nSPS) is 19.4. The van der Waals surface area contributed by atoms with Crippen LogP contribution in [0.5, 0.6) is 0 Å². The summed E-state index contributed by atoms with van der Waals surface area (Å²) in [6.07, 6.45) is 0. The third-order valence-electron chi connectivity index (χ3n) is 3.18. The quantitative estimate of drug-likeness (QED) is 0.734. The Bertz CT molecular complexity index is 631. The molecule has 1 aliphatic heterocycles. The van der Waals surface area contributed by atoms with Crippen LogP contribution in [0, 0.1) is 0 Å². The molecular formula is C14H12N2O2. The zero-order chi connectivity index (χ0) is 12.5. The lowest BCUT2D eigenvalue weighted by Gasteiger charge is -2.25. The first-order valence-corrected chi connectivity index (χ1v) is 5.82. The third-order valence-corrected chi connectivity index (χ3v) is 3.18. The zero-order valence-corrected chi connectivity index (χ0v) is 9.64. The number of nitrogens with one attached hydrogen (secondary N) is 2. The second-order valence-corrected chi connectivity index (χ2v) is 4.30. The molecule has 90 valence electrons. The van der Waals surface area contributed by atoms with Crippen LogP contribution in [0.4, 0.5) is 0 Å². The average Bonchev–Trinajstić information content (AvgIpc) is 2.41. The van der Waals surface area contributed by atoms with Crippen LogP contribution in [-0.4, -0.2) is 18.4 Å². The van der Waals surface area contributed by atoms with Crippen molar-refractivity contribution in [2.75, 3.05) is 6.54 Å². The van der Waals surface area contributed by atoms with E-state index in [2.05, 4.69) is 10.6 Å². The number of amides is 2. The van der Waals surface area contributed by atoms with Crippen molar-refractivity contribution in [1.82, 2.24) is 10.6 Å². The van der Waals surface area contributed by atoms with E-state index in [0.717, 1.165) is 16.3 Å². The summed E-state index contributed by atoms with van der Waals surface area (Å²) < 4.78 is 0. The maximum Gasteiger partial charge on any atom is 0.309 e. The van der Waals surface area contributed by atoms with Gasteiger partial charge in [-0.05, 0) is 16.3 Å². The Morgan fingerprint density at radius 1 is 0.944 bits per heavy atom. The van der Waals surface area contributed by atoms with Gasteiger partial charge >= 0.3 is 11.8 Å². The van der Waals surface area contributed by atoms with E-state index in [4.69, 9.17) is 0 Å². The Morgan fingerprint density at radius 2 is 1.72 bits per heavy atom. The van der Waals surface area contributed by atoms with E-state index in [-0.39, 0.29) is 6.04 Å². The molecule has 4 nitrogen and oxygen atoms in total. The second-order valence-electron chi connectivity index (χ2n) is 4.30. The van der Waals surface area contributed by atoms with Crippen LogP contribution >= 0.6 is 0 Å². The van der Waals surface area contributed by atoms with Gasteiger partial charge in [0.05, 0.1) is 6.04 Å². The number of carbonyl (C=O) groups is 2. The van der Waals surface area contributed by atoms with Gasteiger partial charge in [0.2, 0.25) is 0 Å². The van der Waals surface area contributed by atoms with Gasteiger partial charge in [0.25, 0.3) is 0 Å². The van der Waals surface area contributed by atoms with Crippen molar-refractivity contribution >= 4 is 22.6 Å². The Hall–Kier alpha value is -2.36. The van der Waals surface area contributed by atoms with E-state index in [0.29, 0.717) is 6.54 Å². The smallest absolute Gasteiger partial charge is 0.309 e. The molecule has 1 fully saturated rings. The second kappa shape index (κ2) is 4.14. The molecule has 1 heterocycles. The van der Waals surface area contributed by atoms with Gasteiger partial charge in [-0.15, -0.1) is 0 Å². The number of hydrogen-bond acceptors (Lipinski definition) is 2. The number of fused-ring (bicyclic) bond motifs is 1.